The van der Waals surface area contributed by atoms with Crippen LogP contribution in [-0.4, -0.2) is 5.78 Å². The van der Waals surface area contributed by atoms with Gasteiger partial charge in [0.25, 0.3) is 0 Å². The third-order valence-corrected chi connectivity index (χ3v) is 7.92. The Labute approximate surface area is 128 Å². The van der Waals surface area contributed by atoms with Gasteiger partial charge in [-0.25, -0.2) is 0 Å². The number of hydrogen-bond donors (Lipinski definition) is 0. The van der Waals surface area contributed by atoms with Crippen molar-refractivity contribution in [3.8, 4) is 6.07 Å². The molecule has 4 aliphatic rings. The smallest absolute Gasteiger partial charge is 0.133 e. The van der Waals surface area contributed by atoms with E-state index in [-0.39, 0.29) is 0 Å². The summed E-state index contributed by atoms with van der Waals surface area (Å²) in [6.07, 6.45) is 10.5. The number of nitriles is 1. The number of hydrogen-bond acceptors (Lipinski definition) is 2. The molecule has 7 atom stereocenters. The predicted octanol–water partition coefficient (Wildman–Crippen LogP) is 4.35. The van der Waals surface area contributed by atoms with Gasteiger partial charge in [0.05, 0.1) is 12.0 Å². The van der Waals surface area contributed by atoms with Crippen LogP contribution in [0, 0.1) is 52.3 Å². The Morgan fingerprint density at radius 2 is 1.90 bits per heavy atom. The number of ketones is 1. The van der Waals surface area contributed by atoms with E-state index >= 15 is 0 Å². The summed E-state index contributed by atoms with van der Waals surface area (Å²) >= 11 is 0. The standard InChI is InChI=1S/C19H27NO/c1-19-9-8-16-15-6-4-14(21)10-12(15)2-5-17(16)18(19)7-3-13(19)11-20/h12-13,15-18H,2-10H2,1H3/t12?,13?,15-,16+,17+,18-,19+/m0/s1. The van der Waals surface area contributed by atoms with E-state index in [1.807, 2.05) is 0 Å². The first kappa shape index (κ1) is 13.8. The van der Waals surface area contributed by atoms with Gasteiger partial charge in [0, 0.05) is 12.8 Å². The summed E-state index contributed by atoms with van der Waals surface area (Å²) in [6.45, 7) is 2.41. The summed E-state index contributed by atoms with van der Waals surface area (Å²) in [5.41, 5.74) is 0.299. The lowest BCUT2D eigenvalue weighted by Gasteiger charge is -2.55. The Kier molecular flexibility index (Phi) is 3.18. The summed E-state index contributed by atoms with van der Waals surface area (Å²) in [5.74, 6) is 4.86. The second-order valence-electron chi connectivity index (χ2n) is 8.52. The molecule has 2 heteroatoms. The maximum absolute atomic E-state index is 11.8. The van der Waals surface area contributed by atoms with E-state index in [1.54, 1.807) is 0 Å². The minimum Gasteiger partial charge on any atom is -0.300 e. The molecule has 4 aliphatic carbocycles. The molecule has 0 spiro atoms. The third-order valence-electron chi connectivity index (χ3n) is 7.92. The van der Waals surface area contributed by atoms with Crippen molar-refractivity contribution < 1.29 is 4.79 Å². The molecule has 0 amide bonds. The molecule has 0 aromatic rings. The Balaban J connectivity index is 1.58. The SMILES string of the molecule is C[C@]12CC[C@H]3[C@@H](CCC4CC(=O)CC[C@@H]43)[C@@H]1CCC2C#N. The Bertz CT molecular complexity index is 492. The van der Waals surface area contributed by atoms with E-state index in [1.165, 1.54) is 32.1 Å². The second kappa shape index (κ2) is 4.83. The molecule has 0 radical (unpaired) electrons. The number of Topliss-reactive ketones (excluding diaryl/α,β-unsaturated/α-hetero) is 1. The van der Waals surface area contributed by atoms with Crippen LogP contribution in [0.2, 0.25) is 0 Å². The van der Waals surface area contributed by atoms with Gasteiger partial charge in [0.15, 0.2) is 0 Å². The molecule has 0 aromatic carbocycles. The third kappa shape index (κ3) is 1.92. The molecule has 4 saturated carbocycles. The van der Waals surface area contributed by atoms with Crippen LogP contribution in [-0.2, 0) is 4.79 Å². The molecule has 0 N–H and O–H groups in total. The van der Waals surface area contributed by atoms with Gasteiger partial charge in [-0.05, 0) is 80.0 Å². The molecule has 2 unspecified atom stereocenters. The minimum absolute atomic E-state index is 0.299. The van der Waals surface area contributed by atoms with Crippen molar-refractivity contribution in [3.05, 3.63) is 0 Å². The Morgan fingerprint density at radius 3 is 2.71 bits per heavy atom. The average molecular weight is 285 g/mol. The molecule has 4 rings (SSSR count). The highest BCUT2D eigenvalue weighted by Gasteiger charge is 2.57. The normalized spacial score (nSPS) is 52.5. The highest BCUT2D eigenvalue weighted by Crippen LogP contribution is 2.63. The molecule has 0 saturated heterocycles. The first-order valence-electron chi connectivity index (χ1n) is 9.05. The number of nitrogens with zero attached hydrogens (tertiary/aromatic N) is 1. The summed E-state index contributed by atoms with van der Waals surface area (Å²) < 4.78 is 0. The van der Waals surface area contributed by atoms with Crippen LogP contribution in [0.25, 0.3) is 0 Å². The zero-order valence-electron chi connectivity index (χ0n) is 13.2. The van der Waals surface area contributed by atoms with Crippen LogP contribution in [0.3, 0.4) is 0 Å². The van der Waals surface area contributed by atoms with Gasteiger partial charge in [-0.15, -0.1) is 0 Å². The van der Waals surface area contributed by atoms with E-state index in [4.69, 9.17) is 0 Å². The van der Waals surface area contributed by atoms with Gasteiger partial charge in [-0.2, -0.15) is 5.26 Å². The molecule has 0 aromatic heterocycles. The van der Waals surface area contributed by atoms with Crippen molar-refractivity contribution in [2.75, 3.05) is 0 Å². The Morgan fingerprint density at radius 1 is 1.05 bits per heavy atom. The molecule has 114 valence electrons. The molecule has 2 nitrogen and oxygen atoms in total. The molecule has 21 heavy (non-hydrogen) atoms. The van der Waals surface area contributed by atoms with E-state index in [0.29, 0.717) is 23.0 Å². The fourth-order valence-electron chi connectivity index (χ4n) is 6.87. The van der Waals surface area contributed by atoms with E-state index < -0.39 is 0 Å². The molecule has 0 aliphatic heterocycles. The van der Waals surface area contributed by atoms with E-state index in [9.17, 15) is 10.1 Å². The van der Waals surface area contributed by atoms with E-state index in [0.717, 1.165) is 49.4 Å². The Hall–Kier alpha value is -0.840. The lowest BCUT2D eigenvalue weighted by Crippen LogP contribution is -2.48. The zero-order valence-corrected chi connectivity index (χ0v) is 13.2. The van der Waals surface area contributed by atoms with Gasteiger partial charge < -0.3 is 0 Å². The lowest BCUT2D eigenvalue weighted by molar-refractivity contribution is -0.127. The molecule has 4 fully saturated rings. The second-order valence-corrected chi connectivity index (χ2v) is 8.52. The van der Waals surface area contributed by atoms with Gasteiger partial charge in [-0.3, -0.25) is 4.79 Å². The predicted molar refractivity (Wildman–Crippen MR) is 81.2 cm³/mol. The van der Waals surface area contributed by atoms with Crippen LogP contribution in [0.1, 0.15) is 64.7 Å². The highest BCUT2D eigenvalue weighted by molar-refractivity contribution is 5.79. The fraction of sp³-hybridized carbons (Fsp3) is 0.895. The largest absolute Gasteiger partial charge is 0.300 e. The molecular weight excluding hydrogens is 258 g/mol. The maximum Gasteiger partial charge on any atom is 0.133 e. The van der Waals surface area contributed by atoms with Crippen molar-refractivity contribution in [3.63, 3.8) is 0 Å². The van der Waals surface area contributed by atoms with Crippen molar-refractivity contribution >= 4 is 5.78 Å². The van der Waals surface area contributed by atoms with E-state index in [2.05, 4.69) is 13.0 Å². The lowest BCUT2D eigenvalue weighted by atomic mass is 9.50. The zero-order chi connectivity index (χ0) is 14.6. The fourth-order valence-corrected chi connectivity index (χ4v) is 6.87. The van der Waals surface area contributed by atoms with Crippen molar-refractivity contribution in [1.82, 2.24) is 0 Å². The molecule has 0 heterocycles. The summed E-state index contributed by atoms with van der Waals surface area (Å²) in [5, 5.41) is 9.50. The number of rotatable bonds is 0. The number of fused-ring (bicyclic) bond motifs is 5. The van der Waals surface area contributed by atoms with Gasteiger partial charge in [0.1, 0.15) is 5.78 Å². The highest BCUT2D eigenvalue weighted by atomic mass is 16.1. The first-order chi connectivity index (χ1) is 10.1. The molecule has 0 bridgehead atoms. The minimum atomic E-state index is 0.299. The van der Waals surface area contributed by atoms with Gasteiger partial charge in [-0.1, -0.05) is 6.92 Å². The van der Waals surface area contributed by atoms with Crippen LogP contribution < -0.4 is 0 Å². The quantitative estimate of drug-likeness (QED) is 0.664. The van der Waals surface area contributed by atoms with Crippen LogP contribution >= 0.6 is 0 Å². The van der Waals surface area contributed by atoms with Gasteiger partial charge in [0.2, 0.25) is 0 Å². The maximum atomic E-state index is 11.8. The average Bonchev–Trinajstić information content (AvgIpc) is 2.83. The van der Waals surface area contributed by atoms with Crippen molar-refractivity contribution in [2.24, 2.45) is 40.9 Å². The summed E-state index contributed by atoms with van der Waals surface area (Å²) in [4.78, 5) is 11.8. The molecular formula is C19H27NO. The van der Waals surface area contributed by atoms with Crippen LogP contribution in [0.5, 0.6) is 0 Å². The van der Waals surface area contributed by atoms with Crippen LogP contribution in [0.4, 0.5) is 0 Å². The summed E-state index contributed by atoms with van der Waals surface area (Å²) in [7, 11) is 0. The first-order valence-corrected chi connectivity index (χ1v) is 9.05. The van der Waals surface area contributed by atoms with Crippen LogP contribution in [0.15, 0.2) is 0 Å². The number of carbonyl (C=O) groups is 1. The number of carbonyl (C=O) groups excluding carboxylic acids is 1. The van der Waals surface area contributed by atoms with Crippen molar-refractivity contribution in [1.29, 1.82) is 5.26 Å². The summed E-state index contributed by atoms with van der Waals surface area (Å²) in [6, 6.07) is 2.62. The monoisotopic (exact) mass is 285 g/mol. The topological polar surface area (TPSA) is 40.9 Å². The van der Waals surface area contributed by atoms with Crippen molar-refractivity contribution in [2.45, 2.75) is 64.7 Å². The van der Waals surface area contributed by atoms with Gasteiger partial charge >= 0.3 is 0 Å².